The Morgan fingerprint density at radius 1 is 1.55 bits per heavy atom. The molecule has 6 nitrogen and oxygen atoms in total. The van der Waals surface area contributed by atoms with Crippen molar-refractivity contribution in [3.05, 3.63) is 11.2 Å². The normalized spacial score (nSPS) is 17.6. The van der Waals surface area contributed by atoms with Gasteiger partial charge in [0.1, 0.15) is 10.8 Å². The smallest absolute Gasteiger partial charge is 0.223 e. The number of hydrogen-bond acceptors (Lipinski definition) is 5. The molecule has 1 aromatic heterocycles. The van der Waals surface area contributed by atoms with Gasteiger partial charge in [0, 0.05) is 25.0 Å². The van der Waals surface area contributed by atoms with E-state index in [9.17, 15) is 4.79 Å². The van der Waals surface area contributed by atoms with Crippen LogP contribution in [0.3, 0.4) is 0 Å². The average molecular weight is 298 g/mol. The lowest BCUT2D eigenvalue weighted by atomic mass is 10.0. The van der Waals surface area contributed by atoms with Crippen molar-refractivity contribution in [1.82, 2.24) is 14.9 Å². The van der Waals surface area contributed by atoms with E-state index in [0.29, 0.717) is 23.8 Å². The van der Waals surface area contributed by atoms with Crippen molar-refractivity contribution in [3.8, 4) is 0 Å². The van der Waals surface area contributed by atoms with Crippen LogP contribution in [0.4, 0.5) is 11.8 Å². The fraction of sp³-hybridized carbons (Fsp3) is 0.615. The quantitative estimate of drug-likeness (QED) is 0.811. The molecule has 1 amide bonds. The van der Waals surface area contributed by atoms with E-state index in [4.69, 9.17) is 17.3 Å². The highest BCUT2D eigenvalue weighted by atomic mass is 35.5. The van der Waals surface area contributed by atoms with E-state index in [2.05, 4.69) is 29.1 Å². The molecule has 2 rings (SSSR count). The predicted molar refractivity (Wildman–Crippen MR) is 79.6 cm³/mol. The molecule has 1 aliphatic heterocycles. The number of likely N-dealkylation sites (tertiary alicyclic amines) is 1. The van der Waals surface area contributed by atoms with Crippen LogP contribution in [0.15, 0.2) is 6.20 Å². The van der Waals surface area contributed by atoms with E-state index >= 15 is 0 Å². The summed E-state index contributed by atoms with van der Waals surface area (Å²) in [6.45, 7) is 5.62. The highest BCUT2D eigenvalue weighted by molar-refractivity contribution is 6.32. The maximum absolute atomic E-state index is 11.8. The third-order valence-corrected chi connectivity index (χ3v) is 3.87. The number of nitrogen functional groups attached to an aromatic ring is 1. The number of aromatic nitrogens is 2. The van der Waals surface area contributed by atoms with Crippen LogP contribution in [-0.2, 0) is 4.79 Å². The second kappa shape index (κ2) is 5.83. The van der Waals surface area contributed by atoms with Gasteiger partial charge < -0.3 is 16.0 Å². The van der Waals surface area contributed by atoms with Crippen molar-refractivity contribution in [2.45, 2.75) is 38.6 Å². The molecule has 3 N–H and O–H groups in total. The highest BCUT2D eigenvalue weighted by Crippen LogP contribution is 2.29. The standard InChI is InChI=1S/C13H20ClN5O/c1-13(2)5-4-10(20)19(13)7-3-6-16-11-9(14)8-17-12(15)18-11/h8H,3-7H2,1-2H3,(H3,15,16,17,18). The van der Waals surface area contributed by atoms with Gasteiger partial charge in [0.2, 0.25) is 11.9 Å². The molecular weight excluding hydrogens is 278 g/mol. The first kappa shape index (κ1) is 14.8. The molecule has 0 spiro atoms. The van der Waals surface area contributed by atoms with Gasteiger partial charge in [0.25, 0.3) is 0 Å². The number of nitrogens with one attached hydrogen (secondary N) is 1. The van der Waals surface area contributed by atoms with E-state index in [1.807, 2.05) is 4.90 Å². The molecule has 0 atom stereocenters. The number of carbonyl (C=O) groups is 1. The minimum atomic E-state index is -0.0337. The lowest BCUT2D eigenvalue weighted by Crippen LogP contribution is -2.41. The molecular formula is C13H20ClN5O. The Bertz CT molecular complexity index is 506. The van der Waals surface area contributed by atoms with Gasteiger partial charge >= 0.3 is 0 Å². The van der Waals surface area contributed by atoms with E-state index in [1.165, 1.54) is 6.20 Å². The third-order valence-electron chi connectivity index (χ3n) is 3.60. The molecule has 0 saturated carbocycles. The second-order valence-corrected chi connectivity index (χ2v) is 5.97. The molecule has 1 fully saturated rings. The molecule has 0 aliphatic carbocycles. The Balaban J connectivity index is 1.82. The van der Waals surface area contributed by atoms with Crippen LogP contribution < -0.4 is 11.1 Å². The van der Waals surface area contributed by atoms with Crippen molar-refractivity contribution >= 4 is 29.3 Å². The molecule has 1 aliphatic rings. The van der Waals surface area contributed by atoms with Crippen molar-refractivity contribution in [2.24, 2.45) is 0 Å². The topological polar surface area (TPSA) is 84.1 Å². The van der Waals surface area contributed by atoms with E-state index in [1.54, 1.807) is 0 Å². The molecule has 2 heterocycles. The van der Waals surface area contributed by atoms with Crippen LogP contribution in [0.5, 0.6) is 0 Å². The lowest BCUT2D eigenvalue weighted by Gasteiger charge is -2.31. The summed E-state index contributed by atoms with van der Waals surface area (Å²) in [6.07, 6.45) is 3.87. The van der Waals surface area contributed by atoms with Crippen LogP contribution in [0, 0.1) is 0 Å². The summed E-state index contributed by atoms with van der Waals surface area (Å²) < 4.78 is 0. The number of anilines is 2. The fourth-order valence-electron chi connectivity index (χ4n) is 2.40. The predicted octanol–water partition coefficient (Wildman–Crippen LogP) is 1.92. The average Bonchev–Trinajstić information content (AvgIpc) is 2.64. The van der Waals surface area contributed by atoms with Gasteiger partial charge in [0.15, 0.2) is 0 Å². The van der Waals surface area contributed by atoms with Gasteiger partial charge in [-0.05, 0) is 26.7 Å². The van der Waals surface area contributed by atoms with Gasteiger partial charge in [0.05, 0.1) is 6.20 Å². The second-order valence-electron chi connectivity index (χ2n) is 5.56. The largest absolute Gasteiger partial charge is 0.369 e. The van der Waals surface area contributed by atoms with Crippen molar-refractivity contribution in [3.63, 3.8) is 0 Å². The zero-order chi connectivity index (χ0) is 14.8. The van der Waals surface area contributed by atoms with E-state index in [-0.39, 0.29) is 17.4 Å². The Morgan fingerprint density at radius 3 is 2.95 bits per heavy atom. The molecule has 0 unspecified atom stereocenters. The van der Waals surface area contributed by atoms with Gasteiger partial charge in [-0.15, -0.1) is 0 Å². The molecule has 1 saturated heterocycles. The Hall–Kier alpha value is -1.56. The lowest BCUT2D eigenvalue weighted by molar-refractivity contribution is -0.130. The highest BCUT2D eigenvalue weighted by Gasteiger charge is 2.36. The third kappa shape index (κ3) is 3.30. The molecule has 1 aromatic rings. The number of nitrogens with zero attached hydrogens (tertiary/aromatic N) is 3. The molecule has 20 heavy (non-hydrogen) atoms. The minimum Gasteiger partial charge on any atom is -0.369 e. The number of amides is 1. The van der Waals surface area contributed by atoms with Crippen LogP contribution in [-0.4, -0.2) is 39.4 Å². The summed E-state index contributed by atoms with van der Waals surface area (Å²) >= 11 is 5.96. The van der Waals surface area contributed by atoms with Gasteiger partial charge in [-0.3, -0.25) is 4.79 Å². The van der Waals surface area contributed by atoms with Gasteiger partial charge in [-0.2, -0.15) is 4.98 Å². The number of rotatable bonds is 5. The zero-order valence-electron chi connectivity index (χ0n) is 11.8. The maximum atomic E-state index is 11.8. The Kier molecular flexibility index (Phi) is 4.32. The molecule has 0 bridgehead atoms. The van der Waals surface area contributed by atoms with Crippen molar-refractivity contribution in [2.75, 3.05) is 24.1 Å². The monoisotopic (exact) mass is 297 g/mol. The summed E-state index contributed by atoms with van der Waals surface area (Å²) in [6, 6.07) is 0. The number of nitrogens with two attached hydrogens (primary N) is 1. The molecule has 7 heteroatoms. The first-order valence-electron chi connectivity index (χ1n) is 6.72. The molecule has 0 radical (unpaired) electrons. The zero-order valence-corrected chi connectivity index (χ0v) is 12.6. The maximum Gasteiger partial charge on any atom is 0.223 e. The van der Waals surface area contributed by atoms with Gasteiger partial charge in [-0.25, -0.2) is 4.98 Å². The van der Waals surface area contributed by atoms with Crippen LogP contribution in [0.2, 0.25) is 5.02 Å². The SMILES string of the molecule is CC1(C)CCC(=O)N1CCCNc1nc(N)ncc1Cl. The first-order valence-corrected chi connectivity index (χ1v) is 7.10. The number of hydrogen-bond donors (Lipinski definition) is 2. The van der Waals surface area contributed by atoms with E-state index < -0.39 is 0 Å². The molecule has 110 valence electrons. The van der Waals surface area contributed by atoms with Gasteiger partial charge in [-0.1, -0.05) is 11.6 Å². The minimum absolute atomic E-state index is 0.0337. The Morgan fingerprint density at radius 2 is 2.30 bits per heavy atom. The summed E-state index contributed by atoms with van der Waals surface area (Å²) in [5.41, 5.74) is 5.48. The summed E-state index contributed by atoms with van der Waals surface area (Å²) in [5.74, 6) is 0.957. The van der Waals surface area contributed by atoms with E-state index in [0.717, 1.165) is 19.4 Å². The Labute approximate surface area is 123 Å². The summed E-state index contributed by atoms with van der Waals surface area (Å²) in [4.78, 5) is 21.6. The van der Waals surface area contributed by atoms with Crippen molar-refractivity contribution in [1.29, 1.82) is 0 Å². The number of carbonyl (C=O) groups excluding carboxylic acids is 1. The van der Waals surface area contributed by atoms with Crippen LogP contribution in [0.25, 0.3) is 0 Å². The van der Waals surface area contributed by atoms with Crippen LogP contribution >= 0.6 is 11.6 Å². The van der Waals surface area contributed by atoms with Crippen LogP contribution in [0.1, 0.15) is 33.1 Å². The number of halogens is 1. The van der Waals surface area contributed by atoms with Crippen molar-refractivity contribution < 1.29 is 4.79 Å². The molecule has 0 aromatic carbocycles. The summed E-state index contributed by atoms with van der Waals surface area (Å²) in [5, 5.41) is 3.56. The summed E-state index contributed by atoms with van der Waals surface area (Å²) in [7, 11) is 0. The fourth-order valence-corrected chi connectivity index (χ4v) is 2.55. The first-order chi connectivity index (χ1) is 9.40.